The molecule has 0 amide bonds. The summed E-state index contributed by atoms with van der Waals surface area (Å²) in [4.78, 5) is 0. The largest absolute Gasteiger partial charge is 0.433 e. The van der Waals surface area contributed by atoms with Gasteiger partial charge in [0.1, 0.15) is 5.75 Å². The highest BCUT2D eigenvalue weighted by Gasteiger charge is 2.12. The molecule has 0 bridgehead atoms. The molecule has 0 aliphatic rings. The molecule has 0 aliphatic carbocycles. The molecule has 1 nitrogen and oxygen atoms in total. The van der Waals surface area contributed by atoms with E-state index in [9.17, 15) is 8.78 Å². The first-order chi connectivity index (χ1) is 7.15. The Morgan fingerprint density at radius 1 is 1.40 bits per heavy atom. The van der Waals surface area contributed by atoms with Crippen molar-refractivity contribution in [2.45, 2.75) is 19.5 Å². The minimum atomic E-state index is -2.84. The van der Waals surface area contributed by atoms with Crippen LogP contribution in [-0.4, -0.2) is 11.9 Å². The second-order valence-electron chi connectivity index (χ2n) is 2.90. The molecule has 0 radical (unpaired) electrons. The molecule has 0 aliphatic heterocycles. The van der Waals surface area contributed by atoms with Crippen LogP contribution in [0.5, 0.6) is 5.75 Å². The zero-order valence-corrected chi connectivity index (χ0v) is 10.2. The number of rotatable bonds is 5. The van der Waals surface area contributed by atoms with Crippen LogP contribution in [0.3, 0.4) is 0 Å². The summed E-state index contributed by atoms with van der Waals surface area (Å²) in [7, 11) is 0. The molecule has 0 N–H and O–H groups in total. The van der Waals surface area contributed by atoms with Crippen molar-refractivity contribution in [3.05, 3.63) is 28.8 Å². The average Bonchev–Trinajstić information content (AvgIpc) is 2.18. The maximum atomic E-state index is 12.1. The van der Waals surface area contributed by atoms with E-state index in [-0.39, 0.29) is 10.8 Å². The van der Waals surface area contributed by atoms with Crippen molar-refractivity contribution in [1.82, 2.24) is 0 Å². The van der Waals surface area contributed by atoms with Crippen molar-refractivity contribution in [2.24, 2.45) is 0 Å². The van der Waals surface area contributed by atoms with Gasteiger partial charge < -0.3 is 4.74 Å². The van der Waals surface area contributed by atoms with Crippen LogP contribution in [-0.2, 0) is 6.42 Å². The third kappa shape index (κ3) is 3.95. The lowest BCUT2D eigenvalue weighted by Gasteiger charge is -2.11. The van der Waals surface area contributed by atoms with Gasteiger partial charge in [-0.15, -0.1) is 0 Å². The highest BCUT2D eigenvalue weighted by atomic mass is 79.9. The smallest absolute Gasteiger partial charge is 0.387 e. The lowest BCUT2D eigenvalue weighted by atomic mass is 10.1. The minimum Gasteiger partial charge on any atom is -0.433 e. The molecule has 1 aromatic carbocycles. The Hall–Kier alpha value is -0.350. The van der Waals surface area contributed by atoms with Gasteiger partial charge in [-0.25, -0.2) is 0 Å². The number of benzene rings is 1. The summed E-state index contributed by atoms with van der Waals surface area (Å²) in [6, 6.07) is 5.01. The Kier molecular flexibility index (Phi) is 5.32. The van der Waals surface area contributed by atoms with Crippen LogP contribution in [0, 0.1) is 0 Å². The van der Waals surface area contributed by atoms with Crippen molar-refractivity contribution in [3.8, 4) is 5.75 Å². The number of alkyl halides is 3. The second-order valence-corrected chi connectivity index (χ2v) is 4.10. The van der Waals surface area contributed by atoms with Crippen LogP contribution in [0.1, 0.15) is 12.0 Å². The molecule has 0 atom stereocenters. The molecular weight excluding hydrogens is 289 g/mol. The van der Waals surface area contributed by atoms with Gasteiger partial charge in [-0.2, -0.15) is 8.78 Å². The van der Waals surface area contributed by atoms with Crippen molar-refractivity contribution in [3.63, 3.8) is 0 Å². The summed E-state index contributed by atoms with van der Waals surface area (Å²) >= 11 is 9.06. The van der Waals surface area contributed by atoms with Gasteiger partial charge in [-0.1, -0.05) is 39.7 Å². The monoisotopic (exact) mass is 298 g/mol. The molecule has 1 aromatic rings. The number of halogens is 4. The van der Waals surface area contributed by atoms with Gasteiger partial charge in [-0.05, 0) is 24.5 Å². The summed E-state index contributed by atoms with van der Waals surface area (Å²) in [5.74, 6) is 0.0927. The molecule has 0 heterocycles. The fraction of sp³-hybridized carbons (Fsp3) is 0.400. The van der Waals surface area contributed by atoms with Gasteiger partial charge in [0, 0.05) is 5.33 Å². The lowest BCUT2D eigenvalue weighted by molar-refractivity contribution is -0.0503. The minimum absolute atomic E-state index is 0.0927. The van der Waals surface area contributed by atoms with Crippen LogP contribution in [0.2, 0.25) is 5.02 Å². The summed E-state index contributed by atoms with van der Waals surface area (Å²) in [6.45, 7) is -2.84. The average molecular weight is 300 g/mol. The van der Waals surface area contributed by atoms with Gasteiger partial charge in [-0.3, -0.25) is 0 Å². The second kappa shape index (κ2) is 6.28. The zero-order valence-electron chi connectivity index (χ0n) is 7.85. The Morgan fingerprint density at radius 3 is 2.73 bits per heavy atom. The molecule has 0 aromatic heterocycles. The predicted molar refractivity (Wildman–Crippen MR) is 60.2 cm³/mol. The number of para-hydroxylation sites is 1. The SMILES string of the molecule is FC(F)Oc1c(Cl)cccc1CCCBr. The van der Waals surface area contributed by atoms with E-state index in [4.69, 9.17) is 11.6 Å². The van der Waals surface area contributed by atoms with E-state index in [1.807, 2.05) is 0 Å². The Bertz CT molecular complexity index is 320. The van der Waals surface area contributed by atoms with E-state index in [1.165, 1.54) is 6.07 Å². The van der Waals surface area contributed by atoms with Crippen molar-refractivity contribution in [1.29, 1.82) is 0 Å². The molecule has 0 spiro atoms. The number of hydrogen-bond acceptors (Lipinski definition) is 1. The lowest BCUT2D eigenvalue weighted by Crippen LogP contribution is -2.05. The molecule has 0 fully saturated rings. The number of ether oxygens (including phenoxy) is 1. The van der Waals surface area contributed by atoms with E-state index >= 15 is 0 Å². The third-order valence-electron chi connectivity index (χ3n) is 1.84. The first-order valence-corrected chi connectivity index (χ1v) is 5.93. The first-order valence-electron chi connectivity index (χ1n) is 4.43. The number of hydrogen-bond donors (Lipinski definition) is 0. The molecule has 1 rings (SSSR count). The highest BCUT2D eigenvalue weighted by Crippen LogP contribution is 2.30. The summed E-state index contributed by atoms with van der Waals surface area (Å²) in [6.07, 6.45) is 1.51. The van der Waals surface area contributed by atoms with Crippen LogP contribution in [0.25, 0.3) is 0 Å². The van der Waals surface area contributed by atoms with Crippen molar-refractivity contribution >= 4 is 27.5 Å². The predicted octanol–water partition coefficient (Wildman–Crippen LogP) is 4.27. The molecule has 0 saturated heterocycles. The quantitative estimate of drug-likeness (QED) is 0.738. The van der Waals surface area contributed by atoms with Crippen LogP contribution in [0.15, 0.2) is 18.2 Å². The molecule has 0 saturated carbocycles. The van der Waals surface area contributed by atoms with Crippen LogP contribution >= 0.6 is 27.5 Å². The fourth-order valence-corrected chi connectivity index (χ4v) is 1.75. The van der Waals surface area contributed by atoms with E-state index in [2.05, 4.69) is 20.7 Å². The molecule has 15 heavy (non-hydrogen) atoms. The molecule has 84 valence electrons. The van der Waals surface area contributed by atoms with Gasteiger partial charge >= 0.3 is 6.61 Å². The van der Waals surface area contributed by atoms with Crippen LogP contribution in [0.4, 0.5) is 8.78 Å². The van der Waals surface area contributed by atoms with E-state index in [1.54, 1.807) is 12.1 Å². The summed E-state index contributed by atoms with van der Waals surface area (Å²) < 4.78 is 28.6. The van der Waals surface area contributed by atoms with Gasteiger partial charge in [0.25, 0.3) is 0 Å². The van der Waals surface area contributed by atoms with Crippen molar-refractivity contribution in [2.75, 3.05) is 5.33 Å². The van der Waals surface area contributed by atoms with Crippen molar-refractivity contribution < 1.29 is 13.5 Å². The topological polar surface area (TPSA) is 9.23 Å². The van der Waals surface area contributed by atoms with Gasteiger partial charge in [0.05, 0.1) is 5.02 Å². The summed E-state index contributed by atoms with van der Waals surface area (Å²) in [5, 5.41) is 1.04. The van der Waals surface area contributed by atoms with E-state index in [0.717, 1.165) is 11.8 Å². The fourth-order valence-electron chi connectivity index (χ4n) is 1.23. The summed E-state index contributed by atoms with van der Waals surface area (Å²) in [5.41, 5.74) is 0.710. The Labute approximate surface area is 101 Å². The standard InChI is InChI=1S/C10H10BrClF2O/c11-6-2-4-7-3-1-5-8(12)9(7)15-10(13)14/h1,3,5,10H,2,4,6H2. The highest BCUT2D eigenvalue weighted by molar-refractivity contribution is 9.09. The molecular formula is C10H10BrClF2O. The third-order valence-corrected chi connectivity index (χ3v) is 2.69. The zero-order chi connectivity index (χ0) is 11.3. The normalized spacial score (nSPS) is 10.7. The first kappa shape index (κ1) is 12.7. The van der Waals surface area contributed by atoms with Crippen LogP contribution < -0.4 is 4.74 Å². The molecule has 5 heteroatoms. The van der Waals surface area contributed by atoms with Gasteiger partial charge in [0.15, 0.2) is 0 Å². The maximum absolute atomic E-state index is 12.1. The van der Waals surface area contributed by atoms with Gasteiger partial charge in [0.2, 0.25) is 0 Å². The Morgan fingerprint density at radius 2 is 2.13 bits per heavy atom. The Balaban J connectivity index is 2.87. The number of aryl methyl sites for hydroxylation is 1. The van der Waals surface area contributed by atoms with E-state index < -0.39 is 6.61 Å². The molecule has 0 unspecified atom stereocenters. The van der Waals surface area contributed by atoms with E-state index in [0.29, 0.717) is 12.0 Å². The maximum Gasteiger partial charge on any atom is 0.387 e.